The van der Waals surface area contributed by atoms with E-state index in [0.29, 0.717) is 0 Å². The van der Waals surface area contributed by atoms with Crippen molar-refractivity contribution in [3.05, 3.63) is 12.2 Å². The zero-order valence-corrected chi connectivity index (χ0v) is 9.82. The highest BCUT2D eigenvalue weighted by molar-refractivity contribution is 7.85. The molecule has 0 heterocycles. The van der Waals surface area contributed by atoms with Crippen LogP contribution in [0.25, 0.3) is 0 Å². The van der Waals surface area contributed by atoms with Crippen molar-refractivity contribution in [2.24, 2.45) is 0 Å². The number of nitrogens with one attached hydrogen (secondary N) is 1. The predicted molar refractivity (Wildman–Crippen MR) is 56.4 cm³/mol. The van der Waals surface area contributed by atoms with Gasteiger partial charge in [-0.2, -0.15) is 8.42 Å². The summed E-state index contributed by atoms with van der Waals surface area (Å²) < 4.78 is 29.9. The van der Waals surface area contributed by atoms with Gasteiger partial charge in [-0.3, -0.25) is 14.6 Å². The van der Waals surface area contributed by atoms with Crippen LogP contribution in [0.5, 0.6) is 0 Å². The molecule has 0 aromatic carbocycles. The van der Waals surface area contributed by atoms with Gasteiger partial charge < -0.3 is 5.32 Å². The lowest BCUT2D eigenvalue weighted by Gasteiger charge is -2.23. The molecule has 8 heteroatoms. The topological polar surface area (TPSA) is 113 Å². The van der Waals surface area contributed by atoms with Crippen molar-refractivity contribution in [2.75, 3.05) is 12.4 Å². The first-order chi connectivity index (χ1) is 7.16. The molecule has 0 aromatic heterocycles. The lowest BCUT2D eigenvalue weighted by Crippen LogP contribution is -2.47. The molecule has 3 N–H and O–H groups in total. The number of hydrogen-bond donors (Lipinski definition) is 3. The van der Waals surface area contributed by atoms with Gasteiger partial charge in [-0.05, 0) is 13.8 Å². The van der Waals surface area contributed by atoms with Crippen LogP contribution in [0, 0.1) is 0 Å². The van der Waals surface area contributed by atoms with Gasteiger partial charge in [-0.1, -0.05) is 6.08 Å². The molecule has 0 spiro atoms. The van der Waals surface area contributed by atoms with Crippen LogP contribution < -0.4 is 5.32 Å². The molecule has 1 amide bonds. The Hall–Kier alpha value is -0.960. The maximum Gasteiger partial charge on any atom is 0.267 e. The first-order valence-corrected chi connectivity index (χ1v) is 5.97. The summed E-state index contributed by atoms with van der Waals surface area (Å²) in [6.07, 6.45) is 2.33. The molecule has 0 saturated heterocycles. The molecule has 0 atom stereocenters. The second-order valence-electron chi connectivity index (χ2n) is 3.80. The number of carbonyl (C=O) groups is 1. The van der Waals surface area contributed by atoms with E-state index in [9.17, 15) is 13.2 Å². The molecular formula is C8H15NO6S. The Labute approximate surface area is 93.8 Å². The van der Waals surface area contributed by atoms with Gasteiger partial charge in [-0.15, -0.1) is 0 Å². The molecule has 0 fully saturated rings. The summed E-state index contributed by atoms with van der Waals surface area (Å²) in [7, 11) is -4.16. The predicted octanol–water partition coefficient (Wildman–Crippen LogP) is -0.185. The number of amides is 1. The van der Waals surface area contributed by atoms with Crippen LogP contribution in [0.1, 0.15) is 13.8 Å². The highest BCUT2D eigenvalue weighted by Crippen LogP contribution is 2.05. The van der Waals surface area contributed by atoms with Crippen molar-refractivity contribution < 1.29 is 27.9 Å². The monoisotopic (exact) mass is 253 g/mol. The van der Waals surface area contributed by atoms with Crippen molar-refractivity contribution in [3.8, 4) is 0 Å². The average molecular weight is 253 g/mol. The summed E-state index contributed by atoms with van der Waals surface area (Å²) in [5, 5.41) is 10.3. The molecule has 0 bridgehead atoms. The Balaban J connectivity index is 4.31. The summed E-state index contributed by atoms with van der Waals surface area (Å²) in [6.45, 7) is 2.76. The van der Waals surface area contributed by atoms with E-state index in [1.165, 1.54) is 19.9 Å². The summed E-state index contributed by atoms with van der Waals surface area (Å²) >= 11 is 0. The highest BCUT2D eigenvalue weighted by atomic mass is 32.2. The molecule has 16 heavy (non-hydrogen) atoms. The van der Waals surface area contributed by atoms with E-state index < -0.39 is 27.3 Å². The molecule has 0 aliphatic carbocycles. The second-order valence-corrected chi connectivity index (χ2v) is 5.25. The minimum absolute atomic E-state index is 0.147. The molecule has 0 saturated carbocycles. The van der Waals surface area contributed by atoms with E-state index in [-0.39, 0.29) is 6.61 Å². The standard InChI is InChI=1S/C8H15NO6S/c1-8(2,6-16(12,13)14)9-7(10)4-3-5-15-11/h3-4,11H,5-6H2,1-2H3,(H,9,10)(H,12,13,14)/b4-3-. The summed E-state index contributed by atoms with van der Waals surface area (Å²) in [5.74, 6) is -1.14. The van der Waals surface area contributed by atoms with Gasteiger partial charge in [0.05, 0.1) is 11.3 Å². The maximum atomic E-state index is 11.2. The van der Waals surface area contributed by atoms with Gasteiger partial charge in [0.1, 0.15) is 6.61 Å². The Morgan fingerprint density at radius 2 is 2.06 bits per heavy atom. The van der Waals surface area contributed by atoms with E-state index in [0.717, 1.165) is 6.08 Å². The van der Waals surface area contributed by atoms with Gasteiger partial charge in [0.15, 0.2) is 0 Å². The minimum Gasteiger partial charge on any atom is -0.347 e. The van der Waals surface area contributed by atoms with E-state index in [1.54, 1.807) is 0 Å². The third kappa shape index (κ3) is 8.36. The summed E-state index contributed by atoms with van der Waals surface area (Å²) in [4.78, 5) is 14.9. The molecule has 0 radical (unpaired) electrons. The van der Waals surface area contributed by atoms with Crippen molar-refractivity contribution in [3.63, 3.8) is 0 Å². The Kier molecular flexibility index (Phi) is 5.59. The normalized spacial score (nSPS) is 13.0. The lowest BCUT2D eigenvalue weighted by molar-refractivity contribution is -0.231. The van der Waals surface area contributed by atoms with E-state index in [4.69, 9.17) is 9.81 Å². The van der Waals surface area contributed by atoms with Crippen molar-refractivity contribution >= 4 is 16.0 Å². The lowest BCUT2D eigenvalue weighted by atomic mass is 10.1. The Morgan fingerprint density at radius 3 is 2.50 bits per heavy atom. The fourth-order valence-electron chi connectivity index (χ4n) is 1.07. The van der Waals surface area contributed by atoms with E-state index >= 15 is 0 Å². The fourth-order valence-corrected chi connectivity index (χ4v) is 2.05. The van der Waals surface area contributed by atoms with Crippen molar-refractivity contribution in [1.29, 1.82) is 0 Å². The number of rotatable bonds is 6. The van der Waals surface area contributed by atoms with Crippen molar-refractivity contribution in [1.82, 2.24) is 5.32 Å². The van der Waals surface area contributed by atoms with Gasteiger partial charge in [-0.25, -0.2) is 4.89 Å². The second kappa shape index (κ2) is 5.94. The molecule has 0 unspecified atom stereocenters. The Bertz CT molecular complexity index is 359. The third-order valence-corrected chi connectivity index (χ3v) is 2.53. The van der Waals surface area contributed by atoms with Crippen LogP contribution in [-0.4, -0.2) is 42.0 Å². The number of carbonyl (C=O) groups excluding carboxylic acids is 1. The molecule has 0 aliphatic rings. The molecule has 7 nitrogen and oxygen atoms in total. The van der Waals surface area contributed by atoms with Crippen LogP contribution in [-0.2, 0) is 19.8 Å². The maximum absolute atomic E-state index is 11.2. The SMILES string of the molecule is CC(C)(CS(=O)(=O)O)NC(=O)/C=C\COO. The average Bonchev–Trinajstić information content (AvgIpc) is 1.98. The smallest absolute Gasteiger partial charge is 0.267 e. The third-order valence-electron chi connectivity index (χ3n) is 1.44. The number of hydrogen-bond acceptors (Lipinski definition) is 5. The van der Waals surface area contributed by atoms with Crippen molar-refractivity contribution in [2.45, 2.75) is 19.4 Å². The largest absolute Gasteiger partial charge is 0.347 e. The molecule has 0 aromatic rings. The van der Waals surface area contributed by atoms with Gasteiger partial charge in [0.2, 0.25) is 5.91 Å². The quantitative estimate of drug-likeness (QED) is 0.262. The van der Waals surface area contributed by atoms with Crippen LogP contribution in [0.3, 0.4) is 0 Å². The van der Waals surface area contributed by atoms with Crippen LogP contribution in [0.15, 0.2) is 12.2 Å². The first-order valence-electron chi connectivity index (χ1n) is 4.36. The summed E-state index contributed by atoms with van der Waals surface area (Å²) in [5.41, 5.74) is -1.09. The van der Waals surface area contributed by atoms with Crippen LogP contribution in [0.2, 0.25) is 0 Å². The molecule has 94 valence electrons. The van der Waals surface area contributed by atoms with Gasteiger partial charge in [0, 0.05) is 6.08 Å². The van der Waals surface area contributed by atoms with Gasteiger partial charge in [0.25, 0.3) is 10.1 Å². The minimum atomic E-state index is -4.16. The molecule has 0 rings (SSSR count). The molecule has 0 aliphatic heterocycles. The fraction of sp³-hybridized carbons (Fsp3) is 0.625. The van der Waals surface area contributed by atoms with Gasteiger partial charge >= 0.3 is 0 Å². The highest BCUT2D eigenvalue weighted by Gasteiger charge is 2.25. The zero-order valence-electron chi connectivity index (χ0n) is 9.00. The van der Waals surface area contributed by atoms with Crippen LogP contribution >= 0.6 is 0 Å². The zero-order chi connectivity index (χ0) is 12.8. The Morgan fingerprint density at radius 1 is 1.50 bits per heavy atom. The van der Waals surface area contributed by atoms with E-state index in [1.807, 2.05) is 0 Å². The van der Waals surface area contributed by atoms with Crippen LogP contribution in [0.4, 0.5) is 0 Å². The van der Waals surface area contributed by atoms with E-state index in [2.05, 4.69) is 10.2 Å². The molecular weight excluding hydrogens is 238 g/mol. The first kappa shape index (κ1) is 15.0. The summed E-state index contributed by atoms with van der Waals surface area (Å²) in [6, 6.07) is 0.